The van der Waals surface area contributed by atoms with Crippen LogP contribution in [0.5, 0.6) is 11.5 Å². The van der Waals surface area contributed by atoms with E-state index in [1.54, 1.807) is 11.3 Å². The Morgan fingerprint density at radius 3 is 2.95 bits per heavy atom. The molecule has 0 saturated carbocycles. The Balaban J connectivity index is 1.83. The van der Waals surface area contributed by atoms with E-state index >= 15 is 0 Å². The van der Waals surface area contributed by atoms with Crippen molar-refractivity contribution in [3.8, 4) is 22.8 Å². The second-order valence-electron chi connectivity index (χ2n) is 4.62. The molecule has 4 nitrogen and oxygen atoms in total. The van der Waals surface area contributed by atoms with E-state index in [0.717, 1.165) is 53.9 Å². The molecule has 3 rings (SSSR count). The molecule has 0 amide bonds. The van der Waals surface area contributed by atoms with E-state index in [1.165, 1.54) is 0 Å². The van der Waals surface area contributed by atoms with Crippen molar-refractivity contribution in [1.29, 1.82) is 0 Å². The van der Waals surface area contributed by atoms with E-state index in [0.29, 0.717) is 6.61 Å². The van der Waals surface area contributed by atoms with Crippen LogP contribution < -0.4 is 14.8 Å². The highest BCUT2D eigenvalue weighted by atomic mass is 32.1. The van der Waals surface area contributed by atoms with Crippen LogP contribution in [0.2, 0.25) is 0 Å². The highest BCUT2D eigenvalue weighted by Gasteiger charge is 2.12. The van der Waals surface area contributed by atoms with Crippen molar-refractivity contribution in [1.82, 2.24) is 10.3 Å². The molecule has 0 bridgehead atoms. The maximum atomic E-state index is 5.72. The normalized spacial score (nSPS) is 14.1. The van der Waals surface area contributed by atoms with Crippen molar-refractivity contribution < 1.29 is 9.47 Å². The standard InChI is InChI=1S/C15H18N2O2S/c1-2-16-9-15-17-12(10-20-15)11-4-5-13-14(8-11)19-7-3-6-18-13/h4-5,8,10,16H,2-3,6-7,9H2,1H3. The molecule has 1 N–H and O–H groups in total. The fourth-order valence-corrected chi connectivity index (χ4v) is 2.85. The first kappa shape index (κ1) is 13.4. The molecule has 2 heterocycles. The minimum atomic E-state index is 0.708. The fraction of sp³-hybridized carbons (Fsp3) is 0.400. The highest BCUT2D eigenvalue weighted by Crippen LogP contribution is 2.34. The summed E-state index contributed by atoms with van der Waals surface area (Å²) < 4.78 is 11.4. The molecule has 5 heteroatoms. The van der Waals surface area contributed by atoms with Crippen LogP contribution in [0.25, 0.3) is 11.3 Å². The molecule has 1 aromatic carbocycles. The van der Waals surface area contributed by atoms with Crippen LogP contribution in [0.15, 0.2) is 23.6 Å². The second kappa shape index (κ2) is 6.24. The van der Waals surface area contributed by atoms with Crippen molar-refractivity contribution in [3.63, 3.8) is 0 Å². The summed E-state index contributed by atoms with van der Waals surface area (Å²) in [5, 5.41) is 6.49. The van der Waals surface area contributed by atoms with Crippen LogP contribution in [0.3, 0.4) is 0 Å². The third-order valence-corrected chi connectivity index (χ3v) is 3.97. The molecule has 0 radical (unpaired) electrons. The van der Waals surface area contributed by atoms with Gasteiger partial charge in [-0.1, -0.05) is 6.92 Å². The van der Waals surface area contributed by atoms with Crippen molar-refractivity contribution in [3.05, 3.63) is 28.6 Å². The van der Waals surface area contributed by atoms with Crippen molar-refractivity contribution in [2.45, 2.75) is 19.9 Å². The summed E-state index contributed by atoms with van der Waals surface area (Å²) >= 11 is 1.68. The summed E-state index contributed by atoms with van der Waals surface area (Å²) in [4.78, 5) is 4.65. The zero-order valence-corrected chi connectivity index (χ0v) is 12.3. The smallest absolute Gasteiger partial charge is 0.161 e. The quantitative estimate of drug-likeness (QED) is 0.939. The Hall–Kier alpha value is -1.59. The molecule has 106 valence electrons. The second-order valence-corrected chi connectivity index (χ2v) is 5.56. The maximum Gasteiger partial charge on any atom is 0.161 e. The van der Waals surface area contributed by atoms with Gasteiger partial charge in [0.05, 0.1) is 18.9 Å². The SMILES string of the molecule is CCNCc1nc(-c2ccc3c(c2)OCCCO3)cs1. The summed E-state index contributed by atoms with van der Waals surface area (Å²) in [5.74, 6) is 1.65. The lowest BCUT2D eigenvalue weighted by Gasteiger charge is -2.08. The molecule has 0 saturated heterocycles. The average Bonchev–Trinajstić information content (AvgIpc) is 2.82. The van der Waals surface area contributed by atoms with Gasteiger partial charge in [0.2, 0.25) is 0 Å². The molecule has 0 aliphatic carbocycles. The molecule has 1 aromatic heterocycles. The predicted octanol–water partition coefficient (Wildman–Crippen LogP) is 3.08. The van der Waals surface area contributed by atoms with E-state index in [2.05, 4.69) is 22.6 Å². The highest BCUT2D eigenvalue weighted by molar-refractivity contribution is 7.09. The van der Waals surface area contributed by atoms with Gasteiger partial charge in [0.1, 0.15) is 5.01 Å². The lowest BCUT2D eigenvalue weighted by atomic mass is 10.1. The van der Waals surface area contributed by atoms with E-state index < -0.39 is 0 Å². The summed E-state index contributed by atoms with van der Waals surface area (Å²) in [7, 11) is 0. The number of hydrogen-bond acceptors (Lipinski definition) is 5. The van der Waals surface area contributed by atoms with E-state index in [1.807, 2.05) is 18.2 Å². The molecule has 1 aliphatic rings. The van der Waals surface area contributed by atoms with Crippen LogP contribution in [0, 0.1) is 0 Å². The maximum absolute atomic E-state index is 5.72. The Bertz CT molecular complexity index is 583. The van der Waals surface area contributed by atoms with Crippen LogP contribution >= 0.6 is 11.3 Å². The van der Waals surface area contributed by atoms with E-state index in [9.17, 15) is 0 Å². The van der Waals surface area contributed by atoms with Crippen LogP contribution in [0.1, 0.15) is 18.4 Å². The number of benzene rings is 1. The Morgan fingerprint density at radius 2 is 2.10 bits per heavy atom. The van der Waals surface area contributed by atoms with Crippen LogP contribution in [-0.4, -0.2) is 24.7 Å². The third-order valence-electron chi connectivity index (χ3n) is 3.12. The number of thiazole rings is 1. The third kappa shape index (κ3) is 2.94. The molecule has 0 fully saturated rings. The minimum Gasteiger partial charge on any atom is -0.490 e. The zero-order valence-electron chi connectivity index (χ0n) is 11.5. The zero-order chi connectivity index (χ0) is 13.8. The van der Waals surface area contributed by atoms with Crippen LogP contribution in [0.4, 0.5) is 0 Å². The lowest BCUT2D eigenvalue weighted by molar-refractivity contribution is 0.297. The summed E-state index contributed by atoms with van der Waals surface area (Å²) in [5.41, 5.74) is 2.08. The number of nitrogens with one attached hydrogen (secondary N) is 1. The van der Waals surface area contributed by atoms with E-state index in [-0.39, 0.29) is 0 Å². The average molecular weight is 290 g/mol. The first-order valence-electron chi connectivity index (χ1n) is 6.92. The molecule has 20 heavy (non-hydrogen) atoms. The summed E-state index contributed by atoms with van der Waals surface area (Å²) in [6.45, 7) is 5.30. The first-order valence-corrected chi connectivity index (χ1v) is 7.80. The van der Waals surface area contributed by atoms with Crippen LogP contribution in [-0.2, 0) is 6.54 Å². The number of ether oxygens (including phenoxy) is 2. The number of aromatic nitrogens is 1. The van der Waals surface area contributed by atoms with Crippen molar-refractivity contribution in [2.75, 3.05) is 19.8 Å². The predicted molar refractivity (Wildman–Crippen MR) is 80.5 cm³/mol. The number of nitrogens with zero attached hydrogens (tertiary/aromatic N) is 1. The number of fused-ring (bicyclic) bond motifs is 1. The summed E-state index contributed by atoms with van der Waals surface area (Å²) in [6, 6.07) is 6.03. The molecular weight excluding hydrogens is 272 g/mol. The Morgan fingerprint density at radius 1 is 1.25 bits per heavy atom. The summed E-state index contributed by atoms with van der Waals surface area (Å²) in [6.07, 6.45) is 0.924. The molecule has 2 aromatic rings. The molecule has 0 atom stereocenters. The Labute approximate surface area is 122 Å². The monoisotopic (exact) mass is 290 g/mol. The van der Waals surface area contributed by atoms with Gasteiger partial charge in [-0.2, -0.15) is 0 Å². The minimum absolute atomic E-state index is 0.708. The van der Waals surface area contributed by atoms with Gasteiger partial charge in [-0.3, -0.25) is 0 Å². The molecule has 1 aliphatic heterocycles. The topological polar surface area (TPSA) is 43.4 Å². The molecule has 0 spiro atoms. The van der Waals surface area contributed by atoms with Gasteiger partial charge in [0.15, 0.2) is 11.5 Å². The van der Waals surface area contributed by atoms with E-state index in [4.69, 9.17) is 9.47 Å². The van der Waals surface area contributed by atoms with Gasteiger partial charge in [-0.15, -0.1) is 11.3 Å². The van der Waals surface area contributed by atoms with Crippen molar-refractivity contribution >= 4 is 11.3 Å². The fourth-order valence-electron chi connectivity index (χ4n) is 2.08. The van der Waals surface area contributed by atoms with Crippen molar-refractivity contribution in [2.24, 2.45) is 0 Å². The first-order chi connectivity index (χ1) is 9.86. The molecule has 0 unspecified atom stereocenters. The van der Waals surface area contributed by atoms with Gasteiger partial charge >= 0.3 is 0 Å². The lowest BCUT2D eigenvalue weighted by Crippen LogP contribution is -2.11. The molecular formula is C15H18N2O2S. The van der Waals surface area contributed by atoms with Gasteiger partial charge in [0, 0.05) is 23.9 Å². The largest absolute Gasteiger partial charge is 0.490 e. The number of rotatable bonds is 4. The number of hydrogen-bond donors (Lipinski definition) is 1. The van der Waals surface area contributed by atoms with Gasteiger partial charge in [0.25, 0.3) is 0 Å². The van der Waals surface area contributed by atoms with Gasteiger partial charge in [-0.25, -0.2) is 4.98 Å². The van der Waals surface area contributed by atoms with Gasteiger partial charge in [-0.05, 0) is 24.7 Å². The van der Waals surface area contributed by atoms with Gasteiger partial charge < -0.3 is 14.8 Å². The Kier molecular flexibility index (Phi) is 4.18.